The third-order valence-corrected chi connectivity index (χ3v) is 7.45. The number of aliphatic hydroxyl groups is 1. The Kier molecular flexibility index (Phi) is 6.60. The van der Waals surface area contributed by atoms with Crippen LogP contribution in [-0.2, 0) is 0 Å². The summed E-state index contributed by atoms with van der Waals surface area (Å²) in [6.07, 6.45) is 3.28. The summed E-state index contributed by atoms with van der Waals surface area (Å²) >= 11 is 0. The molecule has 1 N–H and O–H groups in total. The second kappa shape index (κ2) is 9.82. The zero-order chi connectivity index (χ0) is 24.5. The molecule has 2 aliphatic heterocycles. The van der Waals surface area contributed by atoms with Gasteiger partial charge in [0.15, 0.2) is 5.89 Å². The van der Waals surface area contributed by atoms with Gasteiger partial charge in [0.25, 0.3) is 0 Å². The van der Waals surface area contributed by atoms with E-state index in [2.05, 4.69) is 32.0 Å². The smallest absolute Gasteiger partial charge is 0.320 e. The highest BCUT2D eigenvalue weighted by molar-refractivity contribution is 5.75. The summed E-state index contributed by atoms with van der Waals surface area (Å²) in [6.45, 7) is 6.50. The molecule has 2 aliphatic rings. The minimum Gasteiger partial charge on any atom is -0.448 e. The largest absolute Gasteiger partial charge is 0.448 e. The molecule has 35 heavy (non-hydrogen) atoms. The molecule has 0 bridgehead atoms. The van der Waals surface area contributed by atoms with E-state index in [4.69, 9.17) is 9.40 Å². The van der Waals surface area contributed by atoms with Gasteiger partial charge in [0.05, 0.1) is 12.0 Å². The molecule has 2 fully saturated rings. The maximum Gasteiger partial charge on any atom is 0.320 e. The molecule has 2 atom stereocenters. The van der Waals surface area contributed by atoms with Gasteiger partial charge in [-0.05, 0) is 61.9 Å². The molecule has 1 aromatic heterocycles. The lowest BCUT2D eigenvalue weighted by Gasteiger charge is -2.41. The van der Waals surface area contributed by atoms with Gasteiger partial charge in [0, 0.05) is 37.7 Å². The molecular formula is C28H32FN3O3. The third-order valence-electron chi connectivity index (χ3n) is 7.45. The van der Waals surface area contributed by atoms with Gasteiger partial charge in [-0.15, -0.1) is 0 Å². The van der Waals surface area contributed by atoms with Crippen LogP contribution in [0.1, 0.15) is 53.7 Å². The van der Waals surface area contributed by atoms with Crippen molar-refractivity contribution in [3.05, 3.63) is 77.1 Å². The predicted molar refractivity (Wildman–Crippen MR) is 132 cm³/mol. The lowest BCUT2D eigenvalue weighted by molar-refractivity contribution is 0.0747. The van der Waals surface area contributed by atoms with Gasteiger partial charge < -0.3 is 19.3 Å². The first-order valence-corrected chi connectivity index (χ1v) is 12.4. The van der Waals surface area contributed by atoms with Crippen molar-refractivity contribution in [3.63, 3.8) is 0 Å². The van der Waals surface area contributed by atoms with E-state index in [0.717, 1.165) is 6.42 Å². The number of oxazole rings is 1. The van der Waals surface area contributed by atoms with Crippen LogP contribution in [0.5, 0.6) is 0 Å². The molecule has 3 heterocycles. The lowest BCUT2D eigenvalue weighted by Crippen LogP contribution is -2.51. The summed E-state index contributed by atoms with van der Waals surface area (Å²) in [4.78, 5) is 21.9. The van der Waals surface area contributed by atoms with Crippen molar-refractivity contribution >= 4 is 6.03 Å². The molecule has 0 spiro atoms. The number of rotatable bonds is 3. The number of benzene rings is 2. The van der Waals surface area contributed by atoms with Gasteiger partial charge in [-0.3, -0.25) is 0 Å². The molecule has 3 aromatic rings. The van der Waals surface area contributed by atoms with Crippen molar-refractivity contribution in [2.45, 2.75) is 51.0 Å². The zero-order valence-electron chi connectivity index (χ0n) is 20.3. The number of hydrogen-bond acceptors (Lipinski definition) is 4. The first kappa shape index (κ1) is 23.5. The summed E-state index contributed by atoms with van der Waals surface area (Å²) in [5.41, 5.74) is 4.95. The second-order valence-corrected chi connectivity index (χ2v) is 9.96. The number of urea groups is 1. The highest BCUT2D eigenvalue weighted by Crippen LogP contribution is 2.37. The molecule has 0 radical (unpaired) electrons. The quantitative estimate of drug-likeness (QED) is 0.560. The second-order valence-electron chi connectivity index (χ2n) is 9.96. The van der Waals surface area contributed by atoms with E-state index in [1.807, 2.05) is 15.9 Å². The van der Waals surface area contributed by atoms with E-state index in [1.54, 1.807) is 12.3 Å². The summed E-state index contributed by atoms with van der Waals surface area (Å²) in [7, 11) is 0. The first-order chi connectivity index (χ1) is 16.9. The van der Waals surface area contributed by atoms with Crippen molar-refractivity contribution < 1.29 is 18.7 Å². The molecule has 5 rings (SSSR count). The van der Waals surface area contributed by atoms with E-state index in [-0.39, 0.29) is 29.8 Å². The van der Waals surface area contributed by atoms with Crippen molar-refractivity contribution in [2.24, 2.45) is 0 Å². The van der Waals surface area contributed by atoms with E-state index in [1.165, 1.54) is 28.8 Å². The Morgan fingerprint density at radius 2 is 1.80 bits per heavy atom. The van der Waals surface area contributed by atoms with Gasteiger partial charge in [-0.25, -0.2) is 14.2 Å². The van der Waals surface area contributed by atoms with Gasteiger partial charge in [-0.1, -0.05) is 30.3 Å². The summed E-state index contributed by atoms with van der Waals surface area (Å²) < 4.78 is 19.6. The third kappa shape index (κ3) is 5.10. The molecular weight excluding hydrogens is 445 g/mol. The van der Waals surface area contributed by atoms with Gasteiger partial charge in [0.2, 0.25) is 0 Å². The van der Waals surface area contributed by atoms with Gasteiger partial charge in [0.1, 0.15) is 17.8 Å². The molecule has 2 aromatic carbocycles. The van der Waals surface area contributed by atoms with Crippen molar-refractivity contribution in [1.82, 2.24) is 14.8 Å². The van der Waals surface area contributed by atoms with Crippen LogP contribution < -0.4 is 0 Å². The Hall–Kier alpha value is -3.19. The molecule has 2 amide bonds. The maximum atomic E-state index is 13.7. The van der Waals surface area contributed by atoms with Crippen LogP contribution in [0, 0.1) is 19.7 Å². The van der Waals surface area contributed by atoms with E-state index >= 15 is 0 Å². The van der Waals surface area contributed by atoms with E-state index in [9.17, 15) is 14.3 Å². The standard InChI is InChI=1S/C28H32FN3O3/c1-18-6-7-20(12-19(18)2)22-13-23(16-32(15-22)28(34)31-10-8-25(33)9-11-31)27-30-26(17-35-27)21-4-3-5-24(29)14-21/h3-7,12,14,17,22-23,25,33H,8-11,13,15-16H2,1-2H3. The van der Waals surface area contributed by atoms with Crippen LogP contribution >= 0.6 is 0 Å². The normalized spacial score (nSPS) is 21.4. The Bertz CT molecular complexity index is 1200. The number of hydrogen-bond donors (Lipinski definition) is 1. The average Bonchev–Trinajstić information content (AvgIpc) is 3.36. The van der Waals surface area contributed by atoms with Crippen molar-refractivity contribution in [2.75, 3.05) is 26.2 Å². The summed E-state index contributed by atoms with van der Waals surface area (Å²) in [6, 6.07) is 12.8. The van der Waals surface area contributed by atoms with Crippen LogP contribution in [0.15, 0.2) is 53.1 Å². The molecule has 2 unspecified atom stereocenters. The fourth-order valence-corrected chi connectivity index (χ4v) is 5.21. The monoisotopic (exact) mass is 477 g/mol. The highest BCUT2D eigenvalue weighted by atomic mass is 19.1. The lowest BCUT2D eigenvalue weighted by atomic mass is 9.83. The number of carbonyl (C=O) groups is 1. The maximum absolute atomic E-state index is 13.7. The highest BCUT2D eigenvalue weighted by Gasteiger charge is 2.36. The van der Waals surface area contributed by atoms with E-state index < -0.39 is 0 Å². The fraction of sp³-hybridized carbons (Fsp3) is 0.429. The number of aryl methyl sites for hydroxylation is 2. The number of piperidine rings is 2. The Morgan fingerprint density at radius 3 is 2.54 bits per heavy atom. The molecule has 6 nitrogen and oxygen atoms in total. The van der Waals surface area contributed by atoms with Crippen molar-refractivity contribution in [1.29, 1.82) is 0 Å². The van der Waals surface area contributed by atoms with Crippen LogP contribution in [0.3, 0.4) is 0 Å². The molecule has 7 heteroatoms. The SMILES string of the molecule is Cc1ccc(C2CC(c3nc(-c4cccc(F)c4)co3)CN(C(=O)N3CCC(O)CC3)C2)cc1C. The minimum absolute atomic E-state index is 0.00680. The number of amides is 2. The first-order valence-electron chi connectivity index (χ1n) is 12.4. The Morgan fingerprint density at radius 1 is 1.03 bits per heavy atom. The van der Waals surface area contributed by atoms with Crippen molar-refractivity contribution in [3.8, 4) is 11.3 Å². The summed E-state index contributed by atoms with van der Waals surface area (Å²) in [5, 5.41) is 9.87. The Labute approximate surface area is 205 Å². The average molecular weight is 478 g/mol. The Balaban J connectivity index is 1.42. The number of nitrogens with zero attached hydrogens (tertiary/aromatic N) is 3. The zero-order valence-corrected chi connectivity index (χ0v) is 20.3. The van der Waals surface area contributed by atoms with Gasteiger partial charge in [-0.2, -0.15) is 0 Å². The topological polar surface area (TPSA) is 69.8 Å². The van der Waals surface area contributed by atoms with Crippen LogP contribution in [0.4, 0.5) is 9.18 Å². The van der Waals surface area contributed by atoms with Crippen LogP contribution in [0.2, 0.25) is 0 Å². The minimum atomic E-state index is -0.329. The van der Waals surface area contributed by atoms with Gasteiger partial charge >= 0.3 is 6.03 Å². The summed E-state index contributed by atoms with van der Waals surface area (Å²) in [5.74, 6) is 0.335. The molecule has 0 saturated carbocycles. The van der Waals surface area contributed by atoms with Crippen LogP contribution in [-0.4, -0.2) is 58.2 Å². The molecule has 2 saturated heterocycles. The predicted octanol–water partition coefficient (Wildman–Crippen LogP) is 5.25. The number of aromatic nitrogens is 1. The number of carbonyl (C=O) groups excluding carboxylic acids is 1. The fourth-order valence-electron chi connectivity index (χ4n) is 5.21. The van der Waals surface area contributed by atoms with Crippen LogP contribution in [0.25, 0.3) is 11.3 Å². The number of likely N-dealkylation sites (tertiary alicyclic amines) is 2. The molecule has 0 aliphatic carbocycles. The molecule has 184 valence electrons. The number of aliphatic hydroxyl groups excluding tert-OH is 1. The number of halogens is 1. The van der Waals surface area contributed by atoms with E-state index in [0.29, 0.717) is 56.2 Å².